The third kappa shape index (κ3) is 2.47. The Bertz CT molecular complexity index is 1170. The van der Waals surface area contributed by atoms with Crippen molar-refractivity contribution in [2.24, 2.45) is 0 Å². The summed E-state index contributed by atoms with van der Waals surface area (Å²) in [5.41, 5.74) is 7.53. The number of aromatic nitrogens is 3. The predicted molar refractivity (Wildman–Crippen MR) is 98.5 cm³/mol. The number of fused-ring (bicyclic) bond motifs is 3. The molecule has 0 saturated heterocycles. The number of ether oxygens (including phenoxy) is 2. The summed E-state index contributed by atoms with van der Waals surface area (Å²) >= 11 is 1.28. The lowest BCUT2D eigenvalue weighted by Crippen LogP contribution is -2.09. The molecule has 0 amide bonds. The van der Waals surface area contributed by atoms with E-state index in [9.17, 15) is 4.79 Å². The van der Waals surface area contributed by atoms with Gasteiger partial charge in [-0.05, 0) is 30.3 Å². The number of anilines is 1. The normalized spacial score (nSPS) is 11.1. The average Bonchev–Trinajstić information content (AvgIpc) is 3.00. The maximum atomic E-state index is 12.7. The van der Waals surface area contributed by atoms with Crippen molar-refractivity contribution in [2.45, 2.75) is 0 Å². The average molecular weight is 354 g/mol. The number of nitrogens with two attached hydrogens (primary N) is 1. The SMILES string of the molecule is COc1ccc(-c2nc3ccc4nc(N)sc4c3c(=O)[nH]2)cc1OC. The molecule has 0 atom stereocenters. The van der Waals surface area contributed by atoms with E-state index in [0.29, 0.717) is 38.9 Å². The van der Waals surface area contributed by atoms with Gasteiger partial charge in [-0.1, -0.05) is 11.3 Å². The van der Waals surface area contributed by atoms with E-state index in [1.54, 1.807) is 32.4 Å². The molecule has 126 valence electrons. The number of nitrogens with zero attached hydrogens (tertiary/aromatic N) is 2. The molecule has 0 saturated carbocycles. The molecule has 0 aliphatic rings. The highest BCUT2D eigenvalue weighted by Gasteiger charge is 2.13. The van der Waals surface area contributed by atoms with E-state index in [2.05, 4.69) is 15.0 Å². The van der Waals surface area contributed by atoms with E-state index in [0.717, 1.165) is 10.3 Å². The second-order valence-electron chi connectivity index (χ2n) is 5.34. The first-order valence-electron chi connectivity index (χ1n) is 7.42. The molecule has 0 aliphatic carbocycles. The fourth-order valence-corrected chi connectivity index (χ4v) is 3.62. The molecule has 0 unspecified atom stereocenters. The summed E-state index contributed by atoms with van der Waals surface area (Å²) in [7, 11) is 3.13. The molecule has 4 aromatic rings. The van der Waals surface area contributed by atoms with Gasteiger partial charge in [-0.15, -0.1) is 0 Å². The lowest BCUT2D eigenvalue weighted by molar-refractivity contribution is 0.355. The molecule has 8 heteroatoms. The van der Waals surface area contributed by atoms with Crippen molar-refractivity contribution in [3.63, 3.8) is 0 Å². The van der Waals surface area contributed by atoms with E-state index >= 15 is 0 Å². The van der Waals surface area contributed by atoms with Gasteiger partial charge in [0.25, 0.3) is 5.56 Å². The van der Waals surface area contributed by atoms with Gasteiger partial charge in [-0.25, -0.2) is 9.97 Å². The Hall–Kier alpha value is -3.13. The molecule has 2 heterocycles. The van der Waals surface area contributed by atoms with Crippen molar-refractivity contribution in [3.05, 3.63) is 40.7 Å². The van der Waals surface area contributed by atoms with Gasteiger partial charge in [0.15, 0.2) is 16.6 Å². The van der Waals surface area contributed by atoms with Crippen LogP contribution in [-0.4, -0.2) is 29.2 Å². The van der Waals surface area contributed by atoms with Gasteiger partial charge in [0.1, 0.15) is 5.82 Å². The number of thiazole rings is 1. The summed E-state index contributed by atoms with van der Waals surface area (Å²) in [6, 6.07) is 8.94. The van der Waals surface area contributed by atoms with Crippen LogP contribution in [0.2, 0.25) is 0 Å². The molecule has 7 nitrogen and oxygen atoms in total. The maximum Gasteiger partial charge on any atom is 0.260 e. The monoisotopic (exact) mass is 354 g/mol. The zero-order chi connectivity index (χ0) is 17.6. The van der Waals surface area contributed by atoms with Crippen molar-refractivity contribution < 1.29 is 9.47 Å². The topological polar surface area (TPSA) is 103 Å². The number of nitrogen functional groups attached to an aromatic ring is 1. The maximum absolute atomic E-state index is 12.7. The Morgan fingerprint density at radius 3 is 2.56 bits per heavy atom. The molecule has 0 fully saturated rings. The zero-order valence-electron chi connectivity index (χ0n) is 13.5. The highest BCUT2D eigenvalue weighted by atomic mass is 32.1. The Kier molecular flexibility index (Phi) is 3.54. The second-order valence-corrected chi connectivity index (χ2v) is 6.37. The van der Waals surface area contributed by atoms with Gasteiger partial charge in [0.05, 0.1) is 35.3 Å². The lowest BCUT2D eigenvalue weighted by Gasteiger charge is -2.09. The van der Waals surface area contributed by atoms with Crippen LogP contribution in [0, 0.1) is 0 Å². The number of hydrogen-bond acceptors (Lipinski definition) is 7. The predicted octanol–water partition coefficient (Wildman–Crippen LogP) is 2.80. The number of rotatable bonds is 3. The minimum Gasteiger partial charge on any atom is -0.493 e. The van der Waals surface area contributed by atoms with E-state index in [4.69, 9.17) is 15.2 Å². The quantitative estimate of drug-likeness (QED) is 0.586. The molecular formula is C17H14N4O3S. The summed E-state index contributed by atoms with van der Waals surface area (Å²) in [6.07, 6.45) is 0. The number of nitrogens with one attached hydrogen (secondary N) is 1. The molecule has 0 spiro atoms. The number of benzene rings is 2. The van der Waals surface area contributed by atoms with Crippen LogP contribution in [0.25, 0.3) is 32.5 Å². The molecule has 25 heavy (non-hydrogen) atoms. The Labute approximate surface area is 146 Å². The number of H-pyrrole nitrogens is 1. The van der Waals surface area contributed by atoms with Gasteiger partial charge < -0.3 is 20.2 Å². The minimum atomic E-state index is -0.232. The summed E-state index contributed by atoms with van der Waals surface area (Å²) in [5.74, 6) is 1.62. The smallest absolute Gasteiger partial charge is 0.260 e. The number of hydrogen-bond donors (Lipinski definition) is 2. The van der Waals surface area contributed by atoms with Gasteiger partial charge in [-0.2, -0.15) is 0 Å². The van der Waals surface area contributed by atoms with Crippen LogP contribution in [0.1, 0.15) is 0 Å². The van der Waals surface area contributed by atoms with Crippen molar-refractivity contribution in [1.82, 2.24) is 15.0 Å². The highest BCUT2D eigenvalue weighted by Crippen LogP contribution is 2.32. The van der Waals surface area contributed by atoms with Crippen LogP contribution in [0.3, 0.4) is 0 Å². The van der Waals surface area contributed by atoms with Gasteiger partial charge in [0.2, 0.25) is 0 Å². The highest BCUT2D eigenvalue weighted by molar-refractivity contribution is 7.22. The molecule has 4 rings (SSSR count). The third-order valence-corrected chi connectivity index (χ3v) is 4.82. The van der Waals surface area contributed by atoms with Crippen molar-refractivity contribution in [2.75, 3.05) is 20.0 Å². The van der Waals surface area contributed by atoms with E-state index in [1.807, 2.05) is 12.1 Å². The summed E-state index contributed by atoms with van der Waals surface area (Å²) < 4.78 is 11.3. The van der Waals surface area contributed by atoms with Crippen LogP contribution >= 0.6 is 11.3 Å². The van der Waals surface area contributed by atoms with Crippen molar-refractivity contribution in [3.8, 4) is 22.9 Å². The van der Waals surface area contributed by atoms with Crippen LogP contribution in [0.4, 0.5) is 5.13 Å². The van der Waals surface area contributed by atoms with Crippen LogP contribution < -0.4 is 20.8 Å². The second kappa shape index (κ2) is 5.75. The molecule has 2 aromatic carbocycles. The lowest BCUT2D eigenvalue weighted by atomic mass is 10.1. The first-order valence-corrected chi connectivity index (χ1v) is 8.24. The Morgan fingerprint density at radius 2 is 1.80 bits per heavy atom. The van der Waals surface area contributed by atoms with E-state index in [1.165, 1.54) is 11.3 Å². The van der Waals surface area contributed by atoms with E-state index < -0.39 is 0 Å². The van der Waals surface area contributed by atoms with Crippen LogP contribution in [-0.2, 0) is 0 Å². The fourth-order valence-electron chi connectivity index (χ4n) is 2.75. The minimum absolute atomic E-state index is 0.232. The van der Waals surface area contributed by atoms with Crippen LogP contribution in [0.15, 0.2) is 35.1 Å². The fraction of sp³-hybridized carbons (Fsp3) is 0.118. The van der Waals surface area contributed by atoms with Crippen molar-refractivity contribution >= 4 is 37.6 Å². The number of methoxy groups -OCH3 is 2. The standard InChI is InChI=1S/C17H14N4O3S/c1-23-11-6-3-8(7-12(11)24-2)15-19-9-4-5-10-14(25-17(18)20-10)13(9)16(22)21-15/h3-7H,1-2H3,(H2,18,20)(H,19,21,22). The molecule has 0 radical (unpaired) electrons. The zero-order valence-corrected chi connectivity index (χ0v) is 14.3. The Morgan fingerprint density at radius 1 is 1.04 bits per heavy atom. The molecule has 0 aliphatic heterocycles. The summed E-state index contributed by atoms with van der Waals surface area (Å²) in [5, 5.41) is 0.918. The summed E-state index contributed by atoms with van der Waals surface area (Å²) in [4.78, 5) is 24.3. The molecule has 3 N–H and O–H groups in total. The van der Waals surface area contributed by atoms with Crippen molar-refractivity contribution in [1.29, 1.82) is 0 Å². The van der Waals surface area contributed by atoms with E-state index in [-0.39, 0.29) is 5.56 Å². The third-order valence-electron chi connectivity index (χ3n) is 3.90. The summed E-state index contributed by atoms with van der Waals surface area (Å²) in [6.45, 7) is 0. The van der Waals surface area contributed by atoms with Gasteiger partial charge >= 0.3 is 0 Å². The molecule has 2 aromatic heterocycles. The molecule has 0 bridgehead atoms. The first kappa shape index (κ1) is 15.4. The number of aromatic amines is 1. The molecular weight excluding hydrogens is 340 g/mol. The largest absolute Gasteiger partial charge is 0.493 e. The van der Waals surface area contributed by atoms with Gasteiger partial charge in [-0.3, -0.25) is 4.79 Å². The first-order chi connectivity index (χ1) is 12.1. The Balaban J connectivity index is 1.95. The van der Waals surface area contributed by atoms with Gasteiger partial charge in [0, 0.05) is 5.56 Å². The van der Waals surface area contributed by atoms with Crippen LogP contribution in [0.5, 0.6) is 11.5 Å².